The number of unbranched alkanes of at least 4 members (excludes halogenated alkanes) is 11. The van der Waals surface area contributed by atoms with E-state index in [4.69, 9.17) is 11.6 Å². The molecule has 156 valence electrons. The lowest BCUT2D eigenvalue weighted by atomic mass is 10.1. The quantitative estimate of drug-likeness (QED) is 0.152. The largest absolute Gasteiger partial charge is 0.401 e. The van der Waals surface area contributed by atoms with E-state index in [9.17, 15) is 0 Å². The number of rotatable bonds is 20. The smallest absolute Gasteiger partial charge is 0.0310 e. The Morgan fingerprint density at radius 2 is 1.12 bits per heavy atom. The highest BCUT2D eigenvalue weighted by Crippen LogP contribution is 2.10. The van der Waals surface area contributed by atoms with Crippen LogP contribution in [0.5, 0.6) is 0 Å². The van der Waals surface area contributed by atoms with Crippen molar-refractivity contribution in [1.29, 1.82) is 0 Å². The normalized spacial score (nSPS) is 12.1. The standard InChI is InChI=1S/C22H48N4/c1-3-5-7-10-14-18-26(19-15-11-8-6-4-2)20-16-12-9-13-17-22(23)21-25-24/h21,25H,3-20,23-24H2,1-2H3/b22-21-. The molecule has 0 atom stereocenters. The first kappa shape index (κ1) is 25.3. The van der Waals surface area contributed by atoms with Gasteiger partial charge in [-0.25, -0.2) is 0 Å². The van der Waals surface area contributed by atoms with Crippen molar-refractivity contribution in [3.8, 4) is 0 Å². The van der Waals surface area contributed by atoms with Gasteiger partial charge >= 0.3 is 0 Å². The summed E-state index contributed by atoms with van der Waals surface area (Å²) in [5.74, 6) is 5.24. The molecule has 0 fully saturated rings. The third-order valence-corrected chi connectivity index (χ3v) is 5.11. The molecule has 0 radical (unpaired) electrons. The SMILES string of the molecule is CCCCCCCN(CCCCCCC)CCCCCC/C(N)=C/NN. The van der Waals surface area contributed by atoms with Crippen molar-refractivity contribution in [1.82, 2.24) is 10.3 Å². The van der Waals surface area contributed by atoms with E-state index in [1.54, 1.807) is 6.20 Å². The van der Waals surface area contributed by atoms with E-state index in [0.29, 0.717) is 0 Å². The number of hydrazine groups is 1. The van der Waals surface area contributed by atoms with E-state index < -0.39 is 0 Å². The third kappa shape index (κ3) is 18.1. The Bertz CT molecular complexity index is 291. The molecule has 0 aromatic rings. The van der Waals surface area contributed by atoms with Gasteiger partial charge in [-0.15, -0.1) is 0 Å². The molecule has 0 saturated carbocycles. The van der Waals surface area contributed by atoms with Crippen molar-refractivity contribution in [2.45, 2.75) is 110 Å². The third-order valence-electron chi connectivity index (χ3n) is 5.11. The molecule has 5 N–H and O–H groups in total. The summed E-state index contributed by atoms with van der Waals surface area (Å²) in [6, 6.07) is 0. The van der Waals surface area contributed by atoms with Crippen LogP contribution in [0.4, 0.5) is 0 Å². The molecule has 26 heavy (non-hydrogen) atoms. The van der Waals surface area contributed by atoms with E-state index >= 15 is 0 Å². The van der Waals surface area contributed by atoms with Gasteiger partial charge in [-0.3, -0.25) is 5.84 Å². The van der Waals surface area contributed by atoms with Gasteiger partial charge in [0.25, 0.3) is 0 Å². The molecule has 0 spiro atoms. The molecular weight excluding hydrogens is 320 g/mol. The Balaban J connectivity index is 3.84. The van der Waals surface area contributed by atoms with Gasteiger partial charge in [-0.2, -0.15) is 0 Å². The van der Waals surface area contributed by atoms with Gasteiger partial charge in [0, 0.05) is 11.9 Å². The number of nitrogens with one attached hydrogen (secondary N) is 1. The lowest BCUT2D eigenvalue weighted by Crippen LogP contribution is -2.27. The first-order chi connectivity index (χ1) is 12.7. The first-order valence-corrected chi connectivity index (χ1v) is 11.4. The molecule has 4 nitrogen and oxygen atoms in total. The summed E-state index contributed by atoms with van der Waals surface area (Å²) in [7, 11) is 0. The fourth-order valence-electron chi connectivity index (χ4n) is 3.41. The number of hydrogen-bond acceptors (Lipinski definition) is 4. The Labute approximate surface area is 164 Å². The van der Waals surface area contributed by atoms with E-state index in [-0.39, 0.29) is 0 Å². The van der Waals surface area contributed by atoms with Gasteiger partial charge in [-0.1, -0.05) is 78.1 Å². The zero-order valence-corrected chi connectivity index (χ0v) is 17.9. The lowest BCUT2D eigenvalue weighted by molar-refractivity contribution is 0.254. The number of hydrogen-bond donors (Lipinski definition) is 3. The zero-order valence-electron chi connectivity index (χ0n) is 17.9. The van der Waals surface area contributed by atoms with Crippen LogP contribution in [-0.2, 0) is 0 Å². The van der Waals surface area contributed by atoms with Crippen molar-refractivity contribution < 1.29 is 0 Å². The van der Waals surface area contributed by atoms with Gasteiger partial charge in [-0.05, 0) is 51.7 Å². The molecule has 0 amide bonds. The highest BCUT2D eigenvalue weighted by atomic mass is 15.2. The second-order valence-corrected chi connectivity index (χ2v) is 7.72. The highest BCUT2D eigenvalue weighted by Gasteiger charge is 2.05. The summed E-state index contributed by atoms with van der Waals surface area (Å²) in [5.41, 5.74) is 9.20. The predicted molar refractivity (Wildman–Crippen MR) is 117 cm³/mol. The van der Waals surface area contributed by atoms with Crippen LogP contribution in [0.15, 0.2) is 11.9 Å². The van der Waals surface area contributed by atoms with Crippen molar-refractivity contribution in [3.63, 3.8) is 0 Å². The van der Waals surface area contributed by atoms with Gasteiger partial charge in [0.15, 0.2) is 0 Å². The van der Waals surface area contributed by atoms with Crippen molar-refractivity contribution in [2.24, 2.45) is 11.6 Å². The van der Waals surface area contributed by atoms with Crippen LogP contribution < -0.4 is 17.0 Å². The summed E-state index contributed by atoms with van der Waals surface area (Å²) in [6.45, 7) is 8.46. The Kier molecular flexibility index (Phi) is 20.0. The highest BCUT2D eigenvalue weighted by molar-refractivity contribution is 4.93. The predicted octanol–water partition coefficient (Wildman–Crippen LogP) is 5.44. The molecule has 0 aliphatic carbocycles. The molecule has 0 bridgehead atoms. The summed E-state index contributed by atoms with van der Waals surface area (Å²) in [4.78, 5) is 2.73. The summed E-state index contributed by atoms with van der Waals surface area (Å²) in [5, 5.41) is 0. The lowest BCUT2D eigenvalue weighted by Gasteiger charge is -2.22. The Morgan fingerprint density at radius 1 is 0.692 bits per heavy atom. The fourth-order valence-corrected chi connectivity index (χ4v) is 3.41. The molecule has 0 unspecified atom stereocenters. The maximum absolute atomic E-state index is 5.84. The van der Waals surface area contributed by atoms with Crippen LogP contribution in [0.2, 0.25) is 0 Å². The fraction of sp³-hybridized carbons (Fsp3) is 0.909. The van der Waals surface area contributed by atoms with Crippen LogP contribution in [0.3, 0.4) is 0 Å². The average Bonchev–Trinajstić information content (AvgIpc) is 2.63. The van der Waals surface area contributed by atoms with Crippen molar-refractivity contribution >= 4 is 0 Å². The minimum absolute atomic E-state index is 0.855. The summed E-state index contributed by atoms with van der Waals surface area (Å²) < 4.78 is 0. The number of nitrogens with two attached hydrogens (primary N) is 2. The Hall–Kier alpha value is -0.740. The second-order valence-electron chi connectivity index (χ2n) is 7.72. The van der Waals surface area contributed by atoms with Crippen LogP contribution in [0, 0.1) is 0 Å². The van der Waals surface area contributed by atoms with E-state index in [1.165, 1.54) is 103 Å². The molecule has 0 saturated heterocycles. The minimum Gasteiger partial charge on any atom is -0.401 e. The van der Waals surface area contributed by atoms with E-state index in [0.717, 1.165) is 18.5 Å². The van der Waals surface area contributed by atoms with Crippen molar-refractivity contribution in [3.05, 3.63) is 11.9 Å². The summed E-state index contributed by atoms with van der Waals surface area (Å²) in [6.07, 6.45) is 21.5. The average molecular weight is 369 g/mol. The topological polar surface area (TPSA) is 67.3 Å². The van der Waals surface area contributed by atoms with Crippen LogP contribution in [0.1, 0.15) is 110 Å². The number of allylic oxidation sites excluding steroid dienone is 1. The molecule has 0 heterocycles. The maximum Gasteiger partial charge on any atom is 0.0310 e. The van der Waals surface area contributed by atoms with E-state index in [2.05, 4.69) is 24.2 Å². The molecule has 4 heteroatoms. The second kappa shape index (κ2) is 20.6. The van der Waals surface area contributed by atoms with E-state index in [1.807, 2.05) is 0 Å². The number of nitrogens with zero attached hydrogens (tertiary/aromatic N) is 1. The maximum atomic E-state index is 5.84. The zero-order chi connectivity index (χ0) is 19.3. The van der Waals surface area contributed by atoms with Crippen LogP contribution >= 0.6 is 0 Å². The molecule has 0 rings (SSSR count). The van der Waals surface area contributed by atoms with Gasteiger partial charge < -0.3 is 16.1 Å². The van der Waals surface area contributed by atoms with Gasteiger partial charge in [0.1, 0.15) is 0 Å². The first-order valence-electron chi connectivity index (χ1n) is 11.4. The molecule has 0 aromatic carbocycles. The minimum atomic E-state index is 0.855. The molecule has 0 aliphatic heterocycles. The van der Waals surface area contributed by atoms with Gasteiger partial charge in [0.2, 0.25) is 0 Å². The molecule has 0 aromatic heterocycles. The molecular formula is C22H48N4. The summed E-state index contributed by atoms with van der Waals surface area (Å²) >= 11 is 0. The van der Waals surface area contributed by atoms with Crippen molar-refractivity contribution in [2.75, 3.05) is 19.6 Å². The monoisotopic (exact) mass is 368 g/mol. The van der Waals surface area contributed by atoms with Crippen LogP contribution in [-0.4, -0.2) is 24.5 Å². The van der Waals surface area contributed by atoms with Gasteiger partial charge in [0.05, 0.1) is 0 Å². The van der Waals surface area contributed by atoms with Crippen LogP contribution in [0.25, 0.3) is 0 Å². The Morgan fingerprint density at radius 3 is 1.54 bits per heavy atom. The molecule has 0 aliphatic rings.